The Hall–Kier alpha value is -2.73. The number of allylic oxidation sites excluding steroid dienone is 1. The zero-order chi connectivity index (χ0) is 30.8. The van der Waals surface area contributed by atoms with Gasteiger partial charge in [0.15, 0.2) is 0 Å². The first-order valence-corrected chi connectivity index (χ1v) is 15.8. The number of hydrogen-bond acceptors (Lipinski definition) is 10. The Kier molecular flexibility index (Phi) is 13.0. The van der Waals surface area contributed by atoms with Gasteiger partial charge in [0.25, 0.3) is 0 Å². The summed E-state index contributed by atoms with van der Waals surface area (Å²) in [5.74, 6) is -0.923. The maximum absolute atomic E-state index is 13.4. The summed E-state index contributed by atoms with van der Waals surface area (Å²) < 4.78 is 10.9. The number of carbonyl (C=O) groups excluding carboxylic acids is 4. The number of thioether (sulfide) groups is 1. The molecule has 2 N–H and O–H groups in total. The van der Waals surface area contributed by atoms with Crippen LogP contribution in [0.3, 0.4) is 0 Å². The molecular formula is C29H44N4O6S2. The van der Waals surface area contributed by atoms with Gasteiger partial charge in [0.1, 0.15) is 44.8 Å². The minimum absolute atomic E-state index is 0.0814. The van der Waals surface area contributed by atoms with Crippen LogP contribution in [0.2, 0.25) is 0 Å². The molecule has 0 saturated carbocycles. The number of hydrogen-bond donors (Lipinski definition) is 2. The highest BCUT2D eigenvalue weighted by atomic mass is 32.2. The summed E-state index contributed by atoms with van der Waals surface area (Å²) in [6, 6.07) is -0.896. The first-order chi connectivity index (χ1) is 19.1. The molecule has 1 unspecified atom stereocenters. The Morgan fingerprint density at radius 2 is 1.93 bits per heavy atom. The number of ketones is 1. The standard InChI is InChI=1S/C29H44N4O6S2/c1-9-10-11-12-13-20(14-19(4)34)38-25(35)23(18(2)3)32-26(36)29(8)17-41-24(33-29)21-16-40-22(31-21)15-30-27(37)39-28(5,6)7/h12-13,16,18,20,23H,9-11,14-15,17H2,1-8H3,(H,30,37)(H,32,36)/b13-12+/t20?,23-,29-/m0/s1. The maximum atomic E-state index is 13.4. The molecule has 1 aromatic rings. The van der Waals surface area contributed by atoms with Crippen molar-refractivity contribution in [3.8, 4) is 0 Å². The summed E-state index contributed by atoms with van der Waals surface area (Å²) in [6.07, 6.45) is 5.45. The Morgan fingerprint density at radius 1 is 1.22 bits per heavy atom. The molecule has 1 aliphatic heterocycles. The van der Waals surface area contributed by atoms with Crippen LogP contribution in [0.1, 0.15) is 91.8 Å². The van der Waals surface area contributed by atoms with Crippen LogP contribution in [0, 0.1) is 5.92 Å². The van der Waals surface area contributed by atoms with Gasteiger partial charge in [-0.05, 0) is 53.0 Å². The first-order valence-electron chi connectivity index (χ1n) is 14.0. The lowest BCUT2D eigenvalue weighted by atomic mass is 10.0. The maximum Gasteiger partial charge on any atom is 0.408 e. The molecule has 2 rings (SSSR count). The molecule has 0 saturated heterocycles. The molecule has 3 atom stereocenters. The zero-order valence-electron chi connectivity index (χ0n) is 25.4. The summed E-state index contributed by atoms with van der Waals surface area (Å²) in [5.41, 5.74) is -1.07. The molecular weight excluding hydrogens is 564 g/mol. The molecule has 1 aliphatic rings. The number of nitrogens with zero attached hydrogens (tertiary/aromatic N) is 2. The second kappa shape index (κ2) is 15.5. The van der Waals surface area contributed by atoms with E-state index in [0.29, 0.717) is 21.5 Å². The summed E-state index contributed by atoms with van der Waals surface area (Å²) >= 11 is 2.78. The summed E-state index contributed by atoms with van der Waals surface area (Å²) in [6.45, 7) is 14.5. The van der Waals surface area contributed by atoms with Crippen molar-refractivity contribution < 1.29 is 28.7 Å². The normalized spacial score (nSPS) is 18.6. The highest BCUT2D eigenvalue weighted by Crippen LogP contribution is 2.32. The number of esters is 1. The van der Waals surface area contributed by atoms with Gasteiger partial charge in [-0.1, -0.05) is 39.7 Å². The van der Waals surface area contributed by atoms with Crippen molar-refractivity contribution >= 4 is 51.9 Å². The number of thiazole rings is 1. The van der Waals surface area contributed by atoms with Crippen LogP contribution in [0.4, 0.5) is 4.79 Å². The quantitative estimate of drug-likeness (QED) is 0.167. The smallest absolute Gasteiger partial charge is 0.408 e. The molecule has 0 radical (unpaired) electrons. The van der Waals surface area contributed by atoms with Crippen LogP contribution < -0.4 is 10.6 Å². The predicted molar refractivity (Wildman–Crippen MR) is 163 cm³/mol. The van der Waals surface area contributed by atoms with Gasteiger partial charge in [0, 0.05) is 17.6 Å². The predicted octanol–water partition coefficient (Wildman–Crippen LogP) is 5.20. The van der Waals surface area contributed by atoms with Crippen LogP contribution in [0.5, 0.6) is 0 Å². The SMILES string of the molecule is CCCC/C=C/C(CC(C)=O)OC(=O)[C@@H](NC(=O)[C@]1(C)CSC(c2csc(CNC(=O)OC(C)(C)C)n2)=N1)C(C)C. The molecule has 2 heterocycles. The van der Waals surface area contributed by atoms with Crippen LogP contribution in [-0.2, 0) is 30.4 Å². The van der Waals surface area contributed by atoms with E-state index in [9.17, 15) is 19.2 Å². The third-order valence-electron chi connectivity index (χ3n) is 5.92. The second-order valence-corrected chi connectivity index (χ2v) is 13.5. The summed E-state index contributed by atoms with van der Waals surface area (Å²) in [5, 5.41) is 8.65. The van der Waals surface area contributed by atoms with E-state index in [1.807, 2.05) is 25.3 Å². The Labute approximate surface area is 251 Å². The fourth-order valence-electron chi connectivity index (χ4n) is 3.72. The van der Waals surface area contributed by atoms with Gasteiger partial charge in [-0.25, -0.2) is 14.6 Å². The lowest BCUT2D eigenvalue weighted by Gasteiger charge is -2.27. The van der Waals surface area contributed by atoms with Crippen molar-refractivity contribution in [3.05, 3.63) is 28.2 Å². The van der Waals surface area contributed by atoms with Gasteiger partial charge in [-0.2, -0.15) is 0 Å². The number of aliphatic imine (C=N–C) groups is 1. The molecule has 10 nitrogen and oxygen atoms in total. The molecule has 12 heteroatoms. The van der Waals surface area contributed by atoms with E-state index in [1.165, 1.54) is 30.0 Å². The minimum atomic E-state index is -1.11. The number of Topliss-reactive ketones (excluding diaryl/α,β-unsaturated/α-hetero) is 1. The number of ether oxygens (including phenoxy) is 2. The van der Waals surface area contributed by atoms with Crippen molar-refractivity contribution in [2.45, 2.75) is 111 Å². The van der Waals surface area contributed by atoms with Crippen molar-refractivity contribution in [1.29, 1.82) is 0 Å². The third-order valence-corrected chi connectivity index (χ3v) is 8.05. The van der Waals surface area contributed by atoms with Crippen molar-refractivity contribution in [2.24, 2.45) is 10.9 Å². The van der Waals surface area contributed by atoms with Crippen molar-refractivity contribution in [1.82, 2.24) is 15.6 Å². The number of amides is 2. The highest BCUT2D eigenvalue weighted by Gasteiger charge is 2.41. The summed E-state index contributed by atoms with van der Waals surface area (Å²) in [4.78, 5) is 59.4. The van der Waals surface area contributed by atoms with E-state index >= 15 is 0 Å². The zero-order valence-corrected chi connectivity index (χ0v) is 27.0. The molecule has 1 aromatic heterocycles. The van der Waals surface area contributed by atoms with Crippen LogP contribution >= 0.6 is 23.1 Å². The van der Waals surface area contributed by atoms with E-state index in [4.69, 9.17) is 9.47 Å². The minimum Gasteiger partial charge on any atom is -0.456 e. The highest BCUT2D eigenvalue weighted by molar-refractivity contribution is 8.14. The third kappa shape index (κ3) is 11.6. The average Bonchev–Trinajstić information content (AvgIpc) is 3.49. The number of unbranched alkanes of at least 4 members (excludes halogenated alkanes) is 2. The molecule has 0 fully saturated rings. The monoisotopic (exact) mass is 608 g/mol. The van der Waals surface area contributed by atoms with Gasteiger partial charge < -0.3 is 20.1 Å². The van der Waals surface area contributed by atoms with Crippen molar-refractivity contribution in [2.75, 3.05) is 5.75 Å². The van der Waals surface area contributed by atoms with Gasteiger partial charge in [0.2, 0.25) is 5.91 Å². The van der Waals surface area contributed by atoms with Crippen molar-refractivity contribution in [3.63, 3.8) is 0 Å². The lowest BCUT2D eigenvalue weighted by molar-refractivity contribution is -0.153. The Morgan fingerprint density at radius 3 is 2.54 bits per heavy atom. The number of rotatable bonds is 14. The lowest BCUT2D eigenvalue weighted by Crippen LogP contribution is -2.53. The molecule has 0 aromatic carbocycles. The summed E-state index contributed by atoms with van der Waals surface area (Å²) in [7, 11) is 0. The van der Waals surface area contributed by atoms with E-state index < -0.39 is 35.3 Å². The molecule has 228 valence electrons. The van der Waals surface area contributed by atoms with Crippen LogP contribution in [-0.4, -0.2) is 62.8 Å². The Bertz CT molecular complexity index is 1140. The fraction of sp³-hybridized carbons (Fsp3) is 0.655. The van der Waals surface area contributed by atoms with E-state index in [-0.39, 0.29) is 30.6 Å². The molecule has 2 amide bonds. The first kappa shape index (κ1) is 34.5. The second-order valence-electron chi connectivity index (χ2n) is 11.6. The number of aromatic nitrogens is 1. The molecule has 0 spiro atoms. The number of nitrogens with one attached hydrogen (secondary N) is 2. The van der Waals surface area contributed by atoms with Gasteiger partial charge in [0.05, 0.1) is 6.54 Å². The largest absolute Gasteiger partial charge is 0.456 e. The average molecular weight is 609 g/mol. The number of alkyl carbamates (subject to hydrolysis) is 1. The molecule has 0 bridgehead atoms. The molecule has 0 aliphatic carbocycles. The van der Waals surface area contributed by atoms with Gasteiger partial charge in [-0.15, -0.1) is 23.1 Å². The van der Waals surface area contributed by atoms with Crippen LogP contribution in [0.25, 0.3) is 0 Å². The van der Waals surface area contributed by atoms with Crippen LogP contribution in [0.15, 0.2) is 22.5 Å². The topological polar surface area (TPSA) is 136 Å². The number of carbonyl (C=O) groups is 4. The van der Waals surface area contributed by atoms with E-state index in [0.717, 1.165) is 19.3 Å². The van der Waals surface area contributed by atoms with Gasteiger partial charge >= 0.3 is 12.1 Å². The Balaban J connectivity index is 2.06. The fourth-order valence-corrected chi connectivity index (χ4v) is 5.64. The van der Waals surface area contributed by atoms with Gasteiger partial charge in [-0.3, -0.25) is 14.6 Å². The van der Waals surface area contributed by atoms with E-state index in [1.54, 1.807) is 33.8 Å². The molecule has 41 heavy (non-hydrogen) atoms. The van der Waals surface area contributed by atoms with E-state index in [2.05, 4.69) is 27.5 Å².